The second-order valence-corrected chi connectivity index (χ2v) is 3.65. The summed E-state index contributed by atoms with van der Waals surface area (Å²) < 4.78 is 12.8. The Labute approximate surface area is 82.7 Å². The normalized spacial score (nSPS) is 17.1. The molecule has 0 radical (unpaired) electrons. The van der Waals surface area contributed by atoms with E-state index in [0.29, 0.717) is 18.3 Å². The van der Waals surface area contributed by atoms with E-state index in [1.54, 1.807) is 6.07 Å². The first kappa shape index (κ1) is 9.19. The zero-order chi connectivity index (χ0) is 9.97. The van der Waals surface area contributed by atoms with Crippen molar-refractivity contribution in [3.8, 4) is 0 Å². The molecule has 0 heterocycles. The maximum absolute atomic E-state index is 12.8. The molecule has 0 aromatic heterocycles. The van der Waals surface area contributed by atoms with Crippen LogP contribution >= 0.6 is 0 Å². The average molecular weight is 192 g/mol. The Balaban J connectivity index is 2.00. The highest BCUT2D eigenvalue weighted by atomic mass is 19.1. The van der Waals surface area contributed by atoms with Crippen LogP contribution in [0.4, 0.5) is 4.39 Å². The molecule has 0 saturated heterocycles. The molecular formula is C11H13FN2. The van der Waals surface area contributed by atoms with Crippen molar-refractivity contribution < 1.29 is 4.39 Å². The number of halogens is 1. The van der Waals surface area contributed by atoms with Crippen LogP contribution in [0.25, 0.3) is 0 Å². The lowest BCUT2D eigenvalue weighted by Crippen LogP contribution is -2.14. The first-order valence-corrected chi connectivity index (χ1v) is 4.80. The van der Waals surface area contributed by atoms with Gasteiger partial charge in [0.25, 0.3) is 0 Å². The van der Waals surface area contributed by atoms with E-state index >= 15 is 0 Å². The summed E-state index contributed by atoms with van der Waals surface area (Å²) >= 11 is 0. The third kappa shape index (κ3) is 2.31. The molecular weight excluding hydrogens is 179 g/mol. The Morgan fingerprint density at radius 3 is 2.93 bits per heavy atom. The highest BCUT2D eigenvalue weighted by Gasteiger charge is 2.25. The quantitative estimate of drug-likeness (QED) is 0.578. The zero-order valence-corrected chi connectivity index (χ0v) is 7.91. The van der Waals surface area contributed by atoms with Gasteiger partial charge >= 0.3 is 0 Å². The predicted octanol–water partition coefficient (Wildman–Crippen LogP) is 2.09. The summed E-state index contributed by atoms with van der Waals surface area (Å²) in [6.07, 6.45) is 2.30. The fourth-order valence-corrected chi connectivity index (χ4v) is 1.33. The molecule has 0 atom stereocenters. The molecule has 0 amide bonds. The fourth-order valence-electron chi connectivity index (χ4n) is 1.33. The molecule has 1 aromatic carbocycles. The van der Waals surface area contributed by atoms with Crippen LogP contribution in [0.3, 0.4) is 0 Å². The minimum atomic E-state index is -0.220. The lowest BCUT2D eigenvalue weighted by Gasteiger charge is -1.99. The van der Waals surface area contributed by atoms with Gasteiger partial charge < -0.3 is 5.73 Å². The lowest BCUT2D eigenvalue weighted by molar-refractivity contribution is 0.625. The van der Waals surface area contributed by atoms with E-state index in [1.165, 1.54) is 12.1 Å². The number of amidine groups is 1. The molecule has 2 nitrogen and oxygen atoms in total. The maximum atomic E-state index is 12.8. The summed E-state index contributed by atoms with van der Waals surface area (Å²) in [6, 6.07) is 6.46. The molecule has 1 aliphatic carbocycles. The van der Waals surface area contributed by atoms with Crippen molar-refractivity contribution in [2.24, 2.45) is 16.6 Å². The van der Waals surface area contributed by atoms with Gasteiger partial charge in [0.1, 0.15) is 5.82 Å². The molecule has 2 N–H and O–H groups in total. The summed E-state index contributed by atoms with van der Waals surface area (Å²) in [7, 11) is 0. The van der Waals surface area contributed by atoms with Crippen molar-refractivity contribution in [2.45, 2.75) is 19.4 Å². The van der Waals surface area contributed by atoms with Gasteiger partial charge in [-0.1, -0.05) is 12.1 Å². The standard InChI is InChI=1S/C11H13FN2/c12-10-3-1-2-8(6-10)7-14-11(13)9-4-5-9/h1-3,6,9H,4-5,7H2,(H2,13,14). The number of rotatable bonds is 3. The largest absolute Gasteiger partial charge is 0.387 e. The number of nitrogens with two attached hydrogens (primary N) is 1. The van der Waals surface area contributed by atoms with Crippen molar-refractivity contribution in [1.29, 1.82) is 0 Å². The molecule has 1 aliphatic rings. The molecule has 3 heteroatoms. The minimum Gasteiger partial charge on any atom is -0.387 e. The van der Waals surface area contributed by atoms with Crippen LogP contribution in [0, 0.1) is 11.7 Å². The highest BCUT2D eigenvalue weighted by molar-refractivity contribution is 5.84. The fraction of sp³-hybridized carbons (Fsp3) is 0.364. The van der Waals surface area contributed by atoms with E-state index in [9.17, 15) is 4.39 Å². The van der Waals surface area contributed by atoms with Crippen molar-refractivity contribution in [2.75, 3.05) is 0 Å². The maximum Gasteiger partial charge on any atom is 0.123 e. The van der Waals surface area contributed by atoms with Gasteiger partial charge in [-0.2, -0.15) is 0 Å². The monoisotopic (exact) mass is 192 g/mol. The van der Waals surface area contributed by atoms with Crippen LogP contribution in [0.2, 0.25) is 0 Å². The number of benzene rings is 1. The van der Waals surface area contributed by atoms with Gasteiger partial charge in [0.05, 0.1) is 12.4 Å². The molecule has 0 bridgehead atoms. The van der Waals surface area contributed by atoms with E-state index in [1.807, 2.05) is 6.07 Å². The van der Waals surface area contributed by atoms with Gasteiger partial charge in [0.15, 0.2) is 0 Å². The van der Waals surface area contributed by atoms with Gasteiger partial charge in [0.2, 0.25) is 0 Å². The molecule has 1 fully saturated rings. The van der Waals surface area contributed by atoms with Crippen LogP contribution in [0.5, 0.6) is 0 Å². The Hall–Kier alpha value is -1.38. The van der Waals surface area contributed by atoms with Crippen LogP contribution in [0.15, 0.2) is 29.3 Å². The molecule has 1 saturated carbocycles. The third-order valence-corrected chi connectivity index (χ3v) is 2.33. The highest BCUT2D eigenvalue weighted by Crippen LogP contribution is 2.28. The summed E-state index contributed by atoms with van der Waals surface area (Å²) in [4.78, 5) is 4.23. The smallest absolute Gasteiger partial charge is 0.123 e. The van der Waals surface area contributed by atoms with Crippen molar-refractivity contribution in [1.82, 2.24) is 0 Å². The zero-order valence-electron chi connectivity index (χ0n) is 7.91. The van der Waals surface area contributed by atoms with Gasteiger partial charge in [-0.3, -0.25) is 4.99 Å². The van der Waals surface area contributed by atoms with E-state index in [0.717, 1.165) is 18.4 Å². The lowest BCUT2D eigenvalue weighted by atomic mass is 10.2. The number of nitrogens with zero attached hydrogens (tertiary/aromatic N) is 1. The Morgan fingerprint density at radius 1 is 1.50 bits per heavy atom. The van der Waals surface area contributed by atoms with Crippen molar-refractivity contribution in [3.63, 3.8) is 0 Å². The average Bonchev–Trinajstić information content (AvgIpc) is 2.97. The Bertz CT molecular complexity index is 356. The summed E-state index contributed by atoms with van der Waals surface area (Å²) in [5.74, 6) is 0.987. The van der Waals surface area contributed by atoms with Crippen molar-refractivity contribution in [3.05, 3.63) is 35.6 Å². The number of aliphatic imine (C=N–C) groups is 1. The molecule has 0 aliphatic heterocycles. The van der Waals surface area contributed by atoms with Crippen LogP contribution in [-0.2, 0) is 6.54 Å². The molecule has 2 rings (SSSR count). The summed E-state index contributed by atoms with van der Waals surface area (Å²) in [5.41, 5.74) is 6.59. The van der Waals surface area contributed by atoms with Gasteiger partial charge in [-0.05, 0) is 30.5 Å². The van der Waals surface area contributed by atoms with Crippen LogP contribution in [-0.4, -0.2) is 5.84 Å². The van der Waals surface area contributed by atoms with E-state index in [2.05, 4.69) is 4.99 Å². The van der Waals surface area contributed by atoms with E-state index in [4.69, 9.17) is 5.73 Å². The van der Waals surface area contributed by atoms with Crippen LogP contribution in [0.1, 0.15) is 18.4 Å². The Morgan fingerprint density at radius 2 is 2.29 bits per heavy atom. The Kier molecular flexibility index (Phi) is 2.48. The first-order chi connectivity index (χ1) is 6.75. The summed E-state index contributed by atoms with van der Waals surface area (Å²) in [5, 5.41) is 0. The SMILES string of the molecule is NC(=NCc1cccc(F)c1)C1CC1. The van der Waals surface area contributed by atoms with Gasteiger partial charge in [-0.25, -0.2) is 4.39 Å². The number of hydrogen-bond donors (Lipinski definition) is 1. The van der Waals surface area contributed by atoms with Gasteiger partial charge in [0, 0.05) is 5.92 Å². The van der Waals surface area contributed by atoms with E-state index < -0.39 is 0 Å². The van der Waals surface area contributed by atoms with Crippen LogP contribution < -0.4 is 5.73 Å². The first-order valence-electron chi connectivity index (χ1n) is 4.80. The van der Waals surface area contributed by atoms with Crippen molar-refractivity contribution >= 4 is 5.84 Å². The molecule has 1 aromatic rings. The topological polar surface area (TPSA) is 38.4 Å². The molecule has 0 spiro atoms. The second kappa shape index (κ2) is 3.78. The third-order valence-electron chi connectivity index (χ3n) is 2.33. The molecule has 0 unspecified atom stereocenters. The minimum absolute atomic E-state index is 0.220. The van der Waals surface area contributed by atoms with Gasteiger partial charge in [-0.15, -0.1) is 0 Å². The van der Waals surface area contributed by atoms with E-state index in [-0.39, 0.29) is 5.82 Å². The molecule has 14 heavy (non-hydrogen) atoms. The predicted molar refractivity (Wildman–Crippen MR) is 54.5 cm³/mol. The summed E-state index contributed by atoms with van der Waals surface area (Å²) in [6.45, 7) is 0.486. The molecule has 74 valence electrons. The second-order valence-electron chi connectivity index (χ2n) is 3.65. The number of hydrogen-bond acceptors (Lipinski definition) is 1.